The zero-order valence-electron chi connectivity index (χ0n) is 24.7. The molecule has 1 saturated carbocycles. The van der Waals surface area contributed by atoms with Gasteiger partial charge in [-0.1, -0.05) is 56.3 Å². The number of H-pyrrole nitrogens is 1. The number of rotatable bonds is 15. The van der Waals surface area contributed by atoms with Gasteiger partial charge in [0.25, 0.3) is 11.8 Å². The van der Waals surface area contributed by atoms with Crippen molar-refractivity contribution >= 4 is 11.8 Å². The van der Waals surface area contributed by atoms with Gasteiger partial charge in [-0.15, -0.1) is 0 Å². The van der Waals surface area contributed by atoms with E-state index in [4.69, 9.17) is 4.74 Å². The summed E-state index contributed by atoms with van der Waals surface area (Å²) in [5, 5.41) is 17.8. The fourth-order valence-electron chi connectivity index (χ4n) is 5.28. The molecule has 3 aromatic rings. The molecule has 1 fully saturated rings. The maximum Gasteiger partial charge on any atom is 0.268 e. The number of aromatic nitrogens is 1. The van der Waals surface area contributed by atoms with Crippen molar-refractivity contribution in [2.45, 2.75) is 63.6 Å². The first-order valence-corrected chi connectivity index (χ1v) is 14.7. The molecule has 9 nitrogen and oxygen atoms in total. The summed E-state index contributed by atoms with van der Waals surface area (Å²) in [6.07, 6.45) is 2.88. The average molecular weight is 575 g/mol. The summed E-state index contributed by atoms with van der Waals surface area (Å²) in [4.78, 5) is 43.4. The van der Waals surface area contributed by atoms with E-state index in [1.165, 1.54) is 12.1 Å². The minimum atomic E-state index is -0.932. The summed E-state index contributed by atoms with van der Waals surface area (Å²) in [5.41, 5.74) is 1.41. The molecule has 4 N–H and O–H groups in total. The number of hydrogen-bond donors (Lipinski definition) is 4. The highest BCUT2D eigenvalue weighted by Crippen LogP contribution is 2.46. The molecule has 0 aliphatic heterocycles. The summed E-state index contributed by atoms with van der Waals surface area (Å²) < 4.78 is 5.39. The van der Waals surface area contributed by atoms with Crippen molar-refractivity contribution in [1.82, 2.24) is 20.5 Å². The molecule has 2 amide bonds. The first-order valence-electron chi connectivity index (χ1n) is 14.7. The van der Waals surface area contributed by atoms with E-state index in [0.717, 1.165) is 42.6 Å². The Morgan fingerprint density at radius 1 is 1.02 bits per heavy atom. The molecule has 0 radical (unpaired) electrons. The number of aliphatic hydroxyl groups is 1. The van der Waals surface area contributed by atoms with Gasteiger partial charge >= 0.3 is 0 Å². The van der Waals surface area contributed by atoms with Gasteiger partial charge in [0, 0.05) is 36.8 Å². The van der Waals surface area contributed by atoms with Crippen LogP contribution in [0.25, 0.3) is 0 Å². The molecule has 2 aromatic carbocycles. The number of aromatic amines is 1. The van der Waals surface area contributed by atoms with E-state index in [1.54, 1.807) is 12.0 Å². The second kappa shape index (κ2) is 14.3. The Morgan fingerprint density at radius 3 is 2.38 bits per heavy atom. The molecule has 0 saturated heterocycles. The molecule has 42 heavy (non-hydrogen) atoms. The highest BCUT2D eigenvalue weighted by atomic mass is 16.5. The summed E-state index contributed by atoms with van der Waals surface area (Å²) in [6, 6.07) is 19.5. The predicted molar refractivity (Wildman–Crippen MR) is 163 cm³/mol. The van der Waals surface area contributed by atoms with Gasteiger partial charge in [-0.2, -0.15) is 0 Å². The average Bonchev–Trinajstić information content (AvgIpc) is 3.80. The molecule has 1 heterocycles. The number of amides is 2. The first-order chi connectivity index (χ1) is 20.3. The van der Waals surface area contributed by atoms with E-state index >= 15 is 0 Å². The lowest BCUT2D eigenvalue weighted by molar-refractivity contribution is 0.0755. The van der Waals surface area contributed by atoms with Gasteiger partial charge in [0.1, 0.15) is 11.4 Å². The van der Waals surface area contributed by atoms with Gasteiger partial charge in [-0.05, 0) is 61.4 Å². The summed E-state index contributed by atoms with van der Waals surface area (Å²) in [5.74, 6) is -0.0676. The first kappa shape index (κ1) is 31.0. The van der Waals surface area contributed by atoms with E-state index in [2.05, 4.69) is 15.6 Å². The fraction of sp³-hybridized carbons (Fsp3) is 0.424. The van der Waals surface area contributed by atoms with Gasteiger partial charge in [0.05, 0.1) is 19.3 Å². The number of ether oxygens (including phenoxy) is 1. The number of benzene rings is 2. The van der Waals surface area contributed by atoms with Gasteiger partial charge in [0.15, 0.2) is 0 Å². The quantitative estimate of drug-likeness (QED) is 0.220. The third kappa shape index (κ3) is 7.86. The lowest BCUT2D eigenvalue weighted by Crippen LogP contribution is -2.50. The number of aliphatic hydroxyl groups excluding tert-OH is 1. The summed E-state index contributed by atoms with van der Waals surface area (Å²) in [7, 11) is 1.64. The van der Waals surface area contributed by atoms with Crippen LogP contribution in [0, 0.1) is 0 Å². The Morgan fingerprint density at radius 2 is 1.74 bits per heavy atom. The van der Waals surface area contributed by atoms with Crippen LogP contribution in [0.4, 0.5) is 0 Å². The van der Waals surface area contributed by atoms with E-state index in [1.807, 2.05) is 68.4 Å². The maximum absolute atomic E-state index is 13.5. The van der Waals surface area contributed by atoms with Crippen molar-refractivity contribution in [1.29, 1.82) is 0 Å². The second-order valence-corrected chi connectivity index (χ2v) is 11.0. The lowest BCUT2D eigenvalue weighted by atomic mass is 9.99. The van der Waals surface area contributed by atoms with Crippen LogP contribution >= 0.6 is 0 Å². The predicted octanol–water partition coefficient (Wildman–Crippen LogP) is 3.63. The largest absolute Gasteiger partial charge is 0.497 e. The van der Waals surface area contributed by atoms with Gasteiger partial charge in [-0.25, -0.2) is 0 Å². The number of pyridine rings is 1. The molecular weight excluding hydrogens is 532 g/mol. The van der Waals surface area contributed by atoms with E-state index in [0.29, 0.717) is 19.5 Å². The van der Waals surface area contributed by atoms with Crippen LogP contribution in [0.3, 0.4) is 0 Å². The van der Waals surface area contributed by atoms with E-state index in [-0.39, 0.29) is 29.2 Å². The lowest BCUT2D eigenvalue weighted by Gasteiger charge is -2.27. The Bertz CT molecular complexity index is 1400. The Hall–Kier alpha value is -3.95. The van der Waals surface area contributed by atoms with Crippen LogP contribution < -0.4 is 20.9 Å². The molecule has 0 unspecified atom stereocenters. The molecular formula is C33H42N4O5. The highest BCUT2D eigenvalue weighted by Gasteiger charge is 2.44. The normalized spacial score (nSPS) is 15.0. The molecule has 2 atom stereocenters. The molecule has 9 heteroatoms. The third-order valence-electron chi connectivity index (χ3n) is 7.71. The number of nitrogens with zero attached hydrogens (tertiary/aromatic N) is 1. The Balaban J connectivity index is 1.52. The standard InChI is InChI=1S/C33H42N4O5/c1-4-16-37(17-5-2)32(41)24-19-28(35-30(39)20-24)31(40)36-27(18-23-10-7-6-8-11-23)29(38)22-34-33(14-15-33)25-12-9-13-26(21-25)42-3/h6-13,19-21,27,29,34,38H,4-5,14-18,22H2,1-3H3,(H,35,39)(H,36,40)/t27-,29+/m0/s1. The summed E-state index contributed by atoms with van der Waals surface area (Å²) >= 11 is 0. The Labute approximate surface area is 247 Å². The molecule has 224 valence electrons. The van der Waals surface area contributed by atoms with E-state index < -0.39 is 23.6 Å². The minimum Gasteiger partial charge on any atom is -0.497 e. The molecule has 0 spiro atoms. The monoisotopic (exact) mass is 574 g/mol. The van der Waals surface area contributed by atoms with Crippen LogP contribution in [0.15, 0.2) is 71.5 Å². The number of methoxy groups -OCH3 is 1. The van der Waals surface area contributed by atoms with Crippen LogP contribution in [-0.2, 0) is 12.0 Å². The van der Waals surface area contributed by atoms with Crippen molar-refractivity contribution < 1.29 is 19.4 Å². The summed E-state index contributed by atoms with van der Waals surface area (Å²) in [6.45, 7) is 5.35. The fourth-order valence-corrected chi connectivity index (χ4v) is 5.28. The molecule has 1 aromatic heterocycles. The van der Waals surface area contributed by atoms with Crippen LogP contribution in [0.2, 0.25) is 0 Å². The number of hydrogen-bond acceptors (Lipinski definition) is 6. The molecule has 4 rings (SSSR count). The van der Waals surface area contributed by atoms with Crippen LogP contribution in [0.1, 0.15) is 71.5 Å². The maximum atomic E-state index is 13.5. The second-order valence-electron chi connectivity index (χ2n) is 11.0. The van der Waals surface area contributed by atoms with E-state index in [9.17, 15) is 19.5 Å². The van der Waals surface area contributed by atoms with Gasteiger partial charge < -0.3 is 30.4 Å². The SMILES string of the molecule is CCCN(CCC)C(=O)c1cc(C(=O)N[C@@H](Cc2ccccc2)[C@H](O)CNC2(c3cccc(OC)c3)CC2)[nH]c(=O)c1. The number of carbonyl (C=O) groups excluding carboxylic acids is 2. The van der Waals surface area contributed by atoms with Crippen molar-refractivity contribution in [2.24, 2.45) is 0 Å². The molecule has 1 aliphatic carbocycles. The topological polar surface area (TPSA) is 124 Å². The minimum absolute atomic E-state index is 0.0212. The third-order valence-corrected chi connectivity index (χ3v) is 7.71. The van der Waals surface area contributed by atoms with Crippen LogP contribution in [0.5, 0.6) is 5.75 Å². The molecule has 0 bridgehead atoms. The van der Waals surface area contributed by atoms with Gasteiger partial charge in [-0.3, -0.25) is 14.4 Å². The van der Waals surface area contributed by atoms with Crippen LogP contribution in [-0.4, -0.2) is 65.7 Å². The Kier molecular flexibility index (Phi) is 10.5. The van der Waals surface area contributed by atoms with Crippen molar-refractivity contribution in [3.63, 3.8) is 0 Å². The van der Waals surface area contributed by atoms with Crippen molar-refractivity contribution in [2.75, 3.05) is 26.7 Å². The molecule has 1 aliphatic rings. The number of nitrogens with one attached hydrogen (secondary N) is 3. The smallest absolute Gasteiger partial charge is 0.268 e. The zero-order valence-corrected chi connectivity index (χ0v) is 24.7. The zero-order chi connectivity index (χ0) is 30.1. The van der Waals surface area contributed by atoms with Crippen molar-refractivity contribution in [3.05, 3.63) is 99.5 Å². The number of carbonyl (C=O) groups is 2. The highest BCUT2D eigenvalue weighted by molar-refractivity contribution is 5.98. The van der Waals surface area contributed by atoms with Crippen molar-refractivity contribution in [3.8, 4) is 5.75 Å². The van der Waals surface area contributed by atoms with Gasteiger partial charge in [0.2, 0.25) is 5.56 Å².